The van der Waals surface area contributed by atoms with Gasteiger partial charge in [-0.25, -0.2) is 13.9 Å². The molecule has 2 aromatic rings. The molecule has 0 saturated heterocycles. The Morgan fingerprint density at radius 2 is 2.25 bits per heavy atom. The van der Waals surface area contributed by atoms with E-state index in [0.717, 1.165) is 0 Å². The molecule has 20 heavy (non-hydrogen) atoms. The first-order chi connectivity index (χ1) is 9.54. The van der Waals surface area contributed by atoms with Crippen molar-refractivity contribution in [1.82, 2.24) is 15.0 Å². The van der Waals surface area contributed by atoms with E-state index in [9.17, 15) is 9.18 Å². The van der Waals surface area contributed by atoms with Crippen LogP contribution in [0, 0.1) is 12.7 Å². The standard InChI is InChI=1S/C13H13ClFN3O2/c1-3-20-13(19)12-8(2)18(17-16-12)7-9-10(14)5-4-6-11(9)15/h4-6H,3,7H2,1-2H3. The third-order valence-electron chi connectivity index (χ3n) is 2.82. The molecule has 0 aliphatic rings. The van der Waals surface area contributed by atoms with Crippen LogP contribution in [0.5, 0.6) is 0 Å². The molecule has 0 fully saturated rings. The third-order valence-corrected chi connectivity index (χ3v) is 3.18. The van der Waals surface area contributed by atoms with Gasteiger partial charge in [-0.1, -0.05) is 22.9 Å². The topological polar surface area (TPSA) is 57.0 Å². The predicted molar refractivity (Wildman–Crippen MR) is 71.2 cm³/mol. The molecule has 1 heterocycles. The zero-order valence-corrected chi connectivity index (χ0v) is 11.8. The van der Waals surface area contributed by atoms with Crippen LogP contribution in [-0.4, -0.2) is 27.6 Å². The molecule has 106 valence electrons. The maximum Gasteiger partial charge on any atom is 0.360 e. The number of carbonyl (C=O) groups excluding carboxylic acids is 1. The van der Waals surface area contributed by atoms with Crippen molar-refractivity contribution in [3.8, 4) is 0 Å². The molecule has 0 radical (unpaired) electrons. The highest BCUT2D eigenvalue weighted by Gasteiger charge is 2.18. The van der Waals surface area contributed by atoms with E-state index in [-0.39, 0.29) is 18.8 Å². The molecule has 1 aromatic carbocycles. The maximum atomic E-state index is 13.7. The molecule has 2 rings (SSSR count). The molecule has 0 N–H and O–H groups in total. The molecule has 0 unspecified atom stereocenters. The summed E-state index contributed by atoms with van der Waals surface area (Å²) in [6.07, 6.45) is 0. The van der Waals surface area contributed by atoms with Crippen molar-refractivity contribution in [1.29, 1.82) is 0 Å². The van der Waals surface area contributed by atoms with Crippen molar-refractivity contribution in [2.24, 2.45) is 0 Å². The first-order valence-electron chi connectivity index (χ1n) is 6.04. The van der Waals surface area contributed by atoms with Gasteiger partial charge in [-0.2, -0.15) is 0 Å². The Balaban J connectivity index is 2.29. The zero-order valence-electron chi connectivity index (χ0n) is 11.1. The van der Waals surface area contributed by atoms with Crippen LogP contribution in [-0.2, 0) is 11.3 Å². The number of esters is 1. The average Bonchev–Trinajstić information content (AvgIpc) is 2.76. The highest BCUT2D eigenvalue weighted by Crippen LogP contribution is 2.20. The molecule has 5 nitrogen and oxygen atoms in total. The van der Waals surface area contributed by atoms with Crippen molar-refractivity contribution in [2.45, 2.75) is 20.4 Å². The minimum Gasteiger partial charge on any atom is -0.461 e. The summed E-state index contributed by atoms with van der Waals surface area (Å²) in [5, 5.41) is 7.90. The number of rotatable bonds is 4. The SMILES string of the molecule is CCOC(=O)c1nnn(Cc2c(F)cccc2Cl)c1C. The van der Waals surface area contributed by atoms with Gasteiger partial charge in [-0.3, -0.25) is 0 Å². The van der Waals surface area contributed by atoms with Crippen LogP contribution in [0.2, 0.25) is 5.02 Å². The lowest BCUT2D eigenvalue weighted by Crippen LogP contribution is -2.09. The second kappa shape index (κ2) is 6.00. The van der Waals surface area contributed by atoms with Gasteiger partial charge < -0.3 is 4.74 Å². The number of nitrogens with zero attached hydrogens (tertiary/aromatic N) is 3. The van der Waals surface area contributed by atoms with Crippen molar-refractivity contribution in [3.05, 3.63) is 46.0 Å². The minimum atomic E-state index is -0.545. The van der Waals surface area contributed by atoms with Gasteiger partial charge in [-0.05, 0) is 26.0 Å². The summed E-state index contributed by atoms with van der Waals surface area (Å²) in [5.74, 6) is -0.971. The summed E-state index contributed by atoms with van der Waals surface area (Å²) in [7, 11) is 0. The van der Waals surface area contributed by atoms with E-state index in [0.29, 0.717) is 16.3 Å². The quantitative estimate of drug-likeness (QED) is 0.814. The Morgan fingerprint density at radius 3 is 2.90 bits per heavy atom. The van der Waals surface area contributed by atoms with Gasteiger partial charge in [0.15, 0.2) is 5.69 Å². The second-order valence-electron chi connectivity index (χ2n) is 4.10. The Morgan fingerprint density at radius 1 is 1.50 bits per heavy atom. The van der Waals surface area contributed by atoms with Crippen LogP contribution in [0.4, 0.5) is 4.39 Å². The van der Waals surface area contributed by atoms with E-state index in [1.165, 1.54) is 16.8 Å². The first-order valence-corrected chi connectivity index (χ1v) is 6.42. The van der Waals surface area contributed by atoms with Crippen LogP contribution < -0.4 is 0 Å². The number of carbonyl (C=O) groups is 1. The highest BCUT2D eigenvalue weighted by atomic mass is 35.5. The maximum absolute atomic E-state index is 13.7. The van der Waals surface area contributed by atoms with E-state index in [4.69, 9.17) is 16.3 Å². The van der Waals surface area contributed by atoms with Gasteiger partial charge in [0.1, 0.15) is 5.82 Å². The van der Waals surface area contributed by atoms with E-state index >= 15 is 0 Å². The molecule has 0 bridgehead atoms. The Labute approximate surface area is 120 Å². The largest absolute Gasteiger partial charge is 0.461 e. The summed E-state index contributed by atoms with van der Waals surface area (Å²) in [4.78, 5) is 11.6. The molecule has 0 saturated carbocycles. The number of ether oxygens (including phenoxy) is 1. The number of halogens is 2. The molecule has 0 amide bonds. The first kappa shape index (κ1) is 14.5. The highest BCUT2D eigenvalue weighted by molar-refractivity contribution is 6.31. The van der Waals surface area contributed by atoms with Crippen LogP contribution >= 0.6 is 11.6 Å². The molecule has 0 spiro atoms. The summed E-state index contributed by atoms with van der Waals surface area (Å²) in [6.45, 7) is 3.73. The Bertz CT molecular complexity index is 622. The number of benzene rings is 1. The normalized spacial score (nSPS) is 10.6. The van der Waals surface area contributed by atoms with Gasteiger partial charge in [0.2, 0.25) is 0 Å². The van der Waals surface area contributed by atoms with Gasteiger partial charge in [0.05, 0.1) is 18.8 Å². The van der Waals surface area contributed by atoms with Crippen molar-refractivity contribution < 1.29 is 13.9 Å². The van der Waals surface area contributed by atoms with Crippen LogP contribution in [0.25, 0.3) is 0 Å². The molecule has 0 aliphatic carbocycles. The van der Waals surface area contributed by atoms with E-state index < -0.39 is 11.8 Å². The molecule has 0 atom stereocenters. The number of aromatic nitrogens is 3. The van der Waals surface area contributed by atoms with Crippen molar-refractivity contribution in [3.63, 3.8) is 0 Å². The van der Waals surface area contributed by atoms with Crippen LogP contribution in [0.3, 0.4) is 0 Å². The van der Waals surface area contributed by atoms with Crippen molar-refractivity contribution in [2.75, 3.05) is 6.61 Å². The van der Waals surface area contributed by atoms with Crippen LogP contribution in [0.1, 0.15) is 28.7 Å². The van der Waals surface area contributed by atoms with Gasteiger partial charge in [0.25, 0.3) is 0 Å². The van der Waals surface area contributed by atoms with E-state index in [2.05, 4.69) is 10.3 Å². The summed E-state index contributed by atoms with van der Waals surface area (Å²) < 4.78 is 20.0. The van der Waals surface area contributed by atoms with E-state index in [1.54, 1.807) is 19.9 Å². The van der Waals surface area contributed by atoms with Crippen LogP contribution in [0.15, 0.2) is 18.2 Å². The Kier molecular flexibility index (Phi) is 4.34. The average molecular weight is 298 g/mol. The lowest BCUT2D eigenvalue weighted by Gasteiger charge is -2.07. The minimum absolute atomic E-state index is 0.101. The number of hydrogen-bond acceptors (Lipinski definition) is 4. The fourth-order valence-electron chi connectivity index (χ4n) is 1.73. The molecule has 1 aromatic heterocycles. The fraction of sp³-hybridized carbons (Fsp3) is 0.308. The Hall–Kier alpha value is -1.95. The molecular weight excluding hydrogens is 285 g/mol. The van der Waals surface area contributed by atoms with Gasteiger partial charge in [-0.15, -0.1) is 5.10 Å². The molecular formula is C13H13ClFN3O2. The third kappa shape index (κ3) is 2.80. The zero-order chi connectivity index (χ0) is 14.7. The summed E-state index contributed by atoms with van der Waals surface area (Å²) >= 11 is 5.96. The lowest BCUT2D eigenvalue weighted by molar-refractivity contribution is 0.0518. The van der Waals surface area contributed by atoms with Crippen molar-refractivity contribution >= 4 is 17.6 Å². The van der Waals surface area contributed by atoms with Gasteiger partial charge in [0, 0.05) is 10.6 Å². The summed E-state index contributed by atoms with van der Waals surface area (Å²) in [5.41, 5.74) is 0.930. The number of hydrogen-bond donors (Lipinski definition) is 0. The summed E-state index contributed by atoms with van der Waals surface area (Å²) in [6, 6.07) is 4.44. The second-order valence-corrected chi connectivity index (χ2v) is 4.51. The molecule has 0 aliphatic heterocycles. The molecule has 7 heteroatoms. The van der Waals surface area contributed by atoms with E-state index in [1.807, 2.05) is 0 Å². The monoisotopic (exact) mass is 297 g/mol. The fourth-order valence-corrected chi connectivity index (χ4v) is 1.95. The smallest absolute Gasteiger partial charge is 0.360 e. The lowest BCUT2D eigenvalue weighted by atomic mass is 10.2. The van der Waals surface area contributed by atoms with Gasteiger partial charge >= 0.3 is 5.97 Å². The predicted octanol–water partition coefficient (Wildman–Crippen LogP) is 2.60.